The third-order valence-corrected chi connectivity index (χ3v) is 7.23. The van der Waals surface area contributed by atoms with Crippen molar-refractivity contribution in [3.05, 3.63) is 64.2 Å². The Labute approximate surface area is 190 Å². The van der Waals surface area contributed by atoms with Gasteiger partial charge < -0.3 is 5.32 Å². The van der Waals surface area contributed by atoms with Crippen molar-refractivity contribution in [2.45, 2.75) is 23.1 Å². The van der Waals surface area contributed by atoms with Gasteiger partial charge in [-0.1, -0.05) is 18.2 Å². The van der Waals surface area contributed by atoms with Crippen LogP contribution in [0.2, 0.25) is 0 Å². The summed E-state index contributed by atoms with van der Waals surface area (Å²) in [5.74, 6) is -0.713. The molecular weight excluding hydrogens is 476 g/mol. The van der Waals surface area contributed by atoms with Gasteiger partial charge in [0.2, 0.25) is 26.0 Å². The maximum Gasteiger partial charge on any atom is 0.270 e. The Morgan fingerprint density at radius 3 is 2.09 bits per heavy atom. The molecule has 14 heteroatoms. The van der Waals surface area contributed by atoms with E-state index in [1.54, 1.807) is 0 Å². The van der Waals surface area contributed by atoms with Crippen LogP contribution in [-0.4, -0.2) is 53.1 Å². The molecule has 12 nitrogen and oxygen atoms in total. The zero-order valence-electron chi connectivity index (χ0n) is 17.5. The van der Waals surface area contributed by atoms with Crippen molar-refractivity contribution in [3.8, 4) is 0 Å². The predicted molar refractivity (Wildman–Crippen MR) is 118 cm³/mol. The number of benzene rings is 2. The van der Waals surface area contributed by atoms with E-state index in [4.69, 9.17) is 0 Å². The van der Waals surface area contributed by atoms with Crippen LogP contribution < -0.4 is 14.8 Å². The SMILES string of the molecule is CC(=O)c1ccc(S(=O)(=O)NCCC(=O)NCCNS(=O)(=O)c2cccc([N+](=O)[O-])c2)cc1. The molecule has 0 bridgehead atoms. The number of non-ortho nitro benzene ring substituents is 1. The number of nitrogens with one attached hydrogen (secondary N) is 3. The molecule has 0 aliphatic carbocycles. The van der Waals surface area contributed by atoms with Crippen LogP contribution in [0.25, 0.3) is 0 Å². The topological polar surface area (TPSA) is 182 Å². The van der Waals surface area contributed by atoms with E-state index >= 15 is 0 Å². The lowest BCUT2D eigenvalue weighted by Crippen LogP contribution is -2.36. The highest BCUT2D eigenvalue weighted by Crippen LogP contribution is 2.17. The number of hydrogen-bond donors (Lipinski definition) is 3. The highest BCUT2D eigenvalue weighted by Gasteiger charge is 2.17. The van der Waals surface area contributed by atoms with Gasteiger partial charge in [-0.05, 0) is 25.1 Å². The van der Waals surface area contributed by atoms with Gasteiger partial charge in [0.1, 0.15) is 0 Å². The van der Waals surface area contributed by atoms with E-state index in [1.165, 1.54) is 43.3 Å². The molecule has 178 valence electrons. The van der Waals surface area contributed by atoms with Crippen LogP contribution >= 0.6 is 0 Å². The Morgan fingerprint density at radius 1 is 0.879 bits per heavy atom. The predicted octanol–water partition coefficient (Wildman–Crippen LogP) is 0.561. The van der Waals surface area contributed by atoms with Gasteiger partial charge >= 0.3 is 0 Å². The van der Waals surface area contributed by atoms with E-state index < -0.39 is 30.9 Å². The van der Waals surface area contributed by atoms with Crippen LogP contribution in [0.1, 0.15) is 23.7 Å². The second kappa shape index (κ2) is 11.1. The Balaban J connectivity index is 1.76. The maximum atomic E-state index is 12.2. The van der Waals surface area contributed by atoms with E-state index in [-0.39, 0.29) is 47.3 Å². The average molecular weight is 499 g/mol. The van der Waals surface area contributed by atoms with Crippen molar-refractivity contribution >= 4 is 37.4 Å². The summed E-state index contributed by atoms with van der Waals surface area (Å²) in [5, 5.41) is 13.2. The molecule has 0 spiro atoms. The van der Waals surface area contributed by atoms with Crippen molar-refractivity contribution in [2.24, 2.45) is 0 Å². The molecule has 1 amide bonds. The quantitative estimate of drug-likeness (QED) is 0.164. The van der Waals surface area contributed by atoms with E-state index in [0.29, 0.717) is 5.56 Å². The molecule has 33 heavy (non-hydrogen) atoms. The van der Waals surface area contributed by atoms with Crippen LogP contribution in [0, 0.1) is 10.1 Å². The Morgan fingerprint density at radius 2 is 1.48 bits per heavy atom. The maximum absolute atomic E-state index is 12.2. The van der Waals surface area contributed by atoms with Crippen LogP contribution in [0.3, 0.4) is 0 Å². The number of nitro groups is 1. The fourth-order valence-corrected chi connectivity index (χ4v) is 4.68. The zero-order valence-corrected chi connectivity index (χ0v) is 19.1. The molecule has 0 aliphatic heterocycles. The van der Waals surface area contributed by atoms with Crippen LogP contribution in [-0.2, 0) is 24.8 Å². The summed E-state index contributed by atoms with van der Waals surface area (Å²) < 4.78 is 53.3. The van der Waals surface area contributed by atoms with Gasteiger partial charge in [0.25, 0.3) is 5.69 Å². The fraction of sp³-hybridized carbons (Fsp3) is 0.263. The van der Waals surface area contributed by atoms with E-state index in [1.807, 2.05) is 0 Å². The summed E-state index contributed by atoms with van der Waals surface area (Å²) in [6.07, 6.45) is -0.192. The summed E-state index contributed by atoms with van der Waals surface area (Å²) in [4.78, 5) is 32.8. The van der Waals surface area contributed by atoms with E-state index in [2.05, 4.69) is 14.8 Å². The number of Topliss-reactive ketones (excluding diaryl/α,β-unsaturated/α-hetero) is 1. The normalized spacial score (nSPS) is 11.7. The Kier molecular flexibility index (Phi) is 8.76. The number of sulfonamides is 2. The van der Waals surface area contributed by atoms with Gasteiger partial charge in [-0.3, -0.25) is 19.7 Å². The molecule has 2 aromatic rings. The van der Waals surface area contributed by atoms with Gasteiger partial charge in [0.15, 0.2) is 5.78 Å². The van der Waals surface area contributed by atoms with E-state index in [9.17, 15) is 36.5 Å². The number of carbonyl (C=O) groups is 2. The number of rotatable bonds is 12. The summed E-state index contributed by atoms with van der Waals surface area (Å²) >= 11 is 0. The van der Waals surface area contributed by atoms with Crippen molar-refractivity contribution in [1.29, 1.82) is 0 Å². The van der Waals surface area contributed by atoms with Gasteiger partial charge in [0, 0.05) is 43.8 Å². The summed E-state index contributed by atoms with van der Waals surface area (Å²) in [5.41, 5.74) is -0.00198. The molecule has 0 heterocycles. The van der Waals surface area contributed by atoms with Crippen LogP contribution in [0.4, 0.5) is 5.69 Å². The minimum atomic E-state index is -4.01. The fourth-order valence-electron chi connectivity index (χ4n) is 2.57. The number of nitro benzene ring substituents is 1. The van der Waals surface area contributed by atoms with Gasteiger partial charge in [-0.25, -0.2) is 26.3 Å². The standard InChI is InChI=1S/C19H22N4O8S2/c1-14(24)15-5-7-17(8-6-15)32(28,29)21-10-9-19(25)20-11-12-22-33(30,31)18-4-2-3-16(13-18)23(26)27/h2-8,13,21-22H,9-12H2,1H3,(H,20,25). The first-order valence-electron chi connectivity index (χ1n) is 9.54. The highest BCUT2D eigenvalue weighted by atomic mass is 32.2. The van der Waals surface area contributed by atoms with Gasteiger partial charge in [-0.15, -0.1) is 0 Å². The van der Waals surface area contributed by atoms with Gasteiger partial charge in [0.05, 0.1) is 14.7 Å². The Hall–Kier alpha value is -3.20. The van der Waals surface area contributed by atoms with Crippen molar-refractivity contribution in [2.75, 3.05) is 19.6 Å². The molecule has 0 aromatic heterocycles. The van der Waals surface area contributed by atoms with E-state index in [0.717, 1.165) is 12.1 Å². The molecule has 0 unspecified atom stereocenters. The Bertz CT molecular complexity index is 1240. The molecule has 3 N–H and O–H groups in total. The summed E-state index contributed by atoms with van der Waals surface area (Å²) in [6, 6.07) is 9.87. The summed E-state index contributed by atoms with van der Waals surface area (Å²) in [7, 11) is -7.87. The minimum Gasteiger partial charge on any atom is -0.355 e. The molecule has 0 aliphatic rings. The van der Waals surface area contributed by atoms with Crippen LogP contribution in [0.5, 0.6) is 0 Å². The highest BCUT2D eigenvalue weighted by molar-refractivity contribution is 7.89. The van der Waals surface area contributed by atoms with Gasteiger partial charge in [-0.2, -0.15) is 0 Å². The molecule has 2 aromatic carbocycles. The molecular formula is C19H22N4O8S2. The lowest BCUT2D eigenvalue weighted by molar-refractivity contribution is -0.385. The smallest absolute Gasteiger partial charge is 0.270 e. The summed E-state index contributed by atoms with van der Waals surface area (Å²) in [6.45, 7) is 0.915. The zero-order chi connectivity index (χ0) is 24.6. The lowest BCUT2D eigenvalue weighted by Gasteiger charge is -2.09. The molecule has 0 radical (unpaired) electrons. The van der Waals surface area contributed by atoms with Crippen molar-refractivity contribution < 1.29 is 31.3 Å². The van der Waals surface area contributed by atoms with Crippen molar-refractivity contribution in [1.82, 2.24) is 14.8 Å². The number of carbonyl (C=O) groups excluding carboxylic acids is 2. The second-order valence-electron chi connectivity index (χ2n) is 6.73. The largest absolute Gasteiger partial charge is 0.355 e. The van der Waals surface area contributed by atoms with Crippen LogP contribution in [0.15, 0.2) is 58.3 Å². The first-order chi connectivity index (χ1) is 15.4. The average Bonchev–Trinajstić information content (AvgIpc) is 2.76. The third kappa shape index (κ3) is 7.71. The first kappa shape index (κ1) is 26.1. The number of nitrogens with zero attached hydrogens (tertiary/aromatic N) is 1. The molecule has 0 atom stereocenters. The second-order valence-corrected chi connectivity index (χ2v) is 10.3. The third-order valence-electron chi connectivity index (χ3n) is 4.29. The molecule has 2 rings (SSSR count). The molecule has 0 saturated carbocycles. The monoisotopic (exact) mass is 498 g/mol. The minimum absolute atomic E-state index is 0.0523. The molecule has 0 fully saturated rings. The number of hydrogen-bond acceptors (Lipinski definition) is 8. The van der Waals surface area contributed by atoms with Crippen molar-refractivity contribution in [3.63, 3.8) is 0 Å². The molecule has 0 saturated heterocycles. The number of ketones is 1. The lowest BCUT2D eigenvalue weighted by atomic mass is 10.2. The number of amides is 1. The first-order valence-corrected chi connectivity index (χ1v) is 12.5.